The molecule has 8 N–H and O–H groups in total. The van der Waals surface area contributed by atoms with Crippen LogP contribution in [0.25, 0.3) is 0 Å². The molecule has 28 heavy (non-hydrogen) atoms. The van der Waals surface area contributed by atoms with E-state index < -0.39 is 60.5 Å². The van der Waals surface area contributed by atoms with Gasteiger partial charge in [0.25, 0.3) is 11.8 Å². The third-order valence-corrected chi connectivity index (χ3v) is 3.40. The minimum absolute atomic E-state index is 0.120. The van der Waals surface area contributed by atoms with Gasteiger partial charge in [0.15, 0.2) is 0 Å². The van der Waals surface area contributed by atoms with Crippen molar-refractivity contribution in [2.75, 3.05) is 0 Å². The van der Waals surface area contributed by atoms with Crippen LogP contribution in [0.5, 0.6) is 0 Å². The third-order valence-electron chi connectivity index (χ3n) is 3.40. The van der Waals surface area contributed by atoms with Gasteiger partial charge in [0, 0.05) is 11.1 Å². The molecule has 2 unspecified atom stereocenters. The van der Waals surface area contributed by atoms with Crippen LogP contribution in [0.3, 0.4) is 0 Å². The Morgan fingerprint density at radius 3 is 1.43 bits per heavy atom. The van der Waals surface area contributed by atoms with E-state index in [9.17, 15) is 28.8 Å². The number of benzene rings is 1. The highest BCUT2D eigenvalue weighted by Gasteiger charge is 2.25. The maximum absolute atomic E-state index is 12.2. The van der Waals surface area contributed by atoms with E-state index >= 15 is 0 Å². The Kier molecular flexibility index (Phi) is 7.62. The lowest BCUT2D eigenvalue weighted by Crippen LogP contribution is -2.44. The van der Waals surface area contributed by atoms with E-state index in [-0.39, 0.29) is 11.1 Å². The number of carboxylic acids is 2. The molecule has 4 amide bonds. The van der Waals surface area contributed by atoms with E-state index in [1.807, 2.05) is 0 Å². The highest BCUT2D eigenvalue weighted by molar-refractivity contribution is 6.02. The molecule has 1 rings (SSSR count). The summed E-state index contributed by atoms with van der Waals surface area (Å²) in [7, 11) is 0. The van der Waals surface area contributed by atoms with Crippen LogP contribution in [0.15, 0.2) is 24.3 Å². The Bertz CT molecular complexity index is 759. The van der Waals surface area contributed by atoms with Gasteiger partial charge in [-0.15, -0.1) is 0 Å². The number of primary amides is 2. The van der Waals surface area contributed by atoms with E-state index in [2.05, 4.69) is 10.6 Å². The molecule has 0 aliphatic carbocycles. The standard InChI is InChI=1S/C16H18N4O8/c17-11(21)5-9(15(25)26)19-13(23)7-2-1-3-8(4-7)14(24)20-10(16(27)28)6-12(18)22/h1-4,9-10H,5-6H2,(H2,17,21)(H2,18,22)(H,19,23)(H,20,24)(H,25,26)(H,27,28). The Hall–Kier alpha value is -3.96. The summed E-state index contributed by atoms with van der Waals surface area (Å²) in [6.45, 7) is 0. The maximum Gasteiger partial charge on any atom is 0.326 e. The van der Waals surface area contributed by atoms with Crippen molar-refractivity contribution in [3.05, 3.63) is 35.4 Å². The number of carbonyl (C=O) groups is 6. The first-order valence-corrected chi connectivity index (χ1v) is 7.75. The van der Waals surface area contributed by atoms with Gasteiger partial charge in [-0.3, -0.25) is 19.2 Å². The maximum atomic E-state index is 12.2. The quantitative estimate of drug-likeness (QED) is 0.255. The van der Waals surface area contributed by atoms with Crippen LogP contribution < -0.4 is 22.1 Å². The summed E-state index contributed by atoms with van der Waals surface area (Å²) in [6.07, 6.45) is -1.26. The molecule has 2 atom stereocenters. The van der Waals surface area contributed by atoms with Crippen LogP contribution >= 0.6 is 0 Å². The van der Waals surface area contributed by atoms with Gasteiger partial charge in [0.05, 0.1) is 12.8 Å². The molecule has 0 aliphatic rings. The topological polar surface area (TPSA) is 219 Å². The Balaban J connectivity index is 2.95. The fraction of sp³-hybridized carbons (Fsp3) is 0.250. The largest absolute Gasteiger partial charge is 0.480 e. The normalized spacial score (nSPS) is 12.3. The number of carboxylic acid groups (broad SMARTS) is 2. The van der Waals surface area contributed by atoms with Crippen LogP contribution in [0.1, 0.15) is 33.6 Å². The third kappa shape index (κ3) is 6.74. The Morgan fingerprint density at radius 2 is 1.14 bits per heavy atom. The zero-order valence-electron chi connectivity index (χ0n) is 14.4. The fourth-order valence-electron chi connectivity index (χ4n) is 2.09. The molecule has 0 spiro atoms. The molecule has 1 aromatic rings. The van der Waals surface area contributed by atoms with Crippen LogP contribution in [0.2, 0.25) is 0 Å². The number of amides is 4. The smallest absolute Gasteiger partial charge is 0.326 e. The highest BCUT2D eigenvalue weighted by Crippen LogP contribution is 2.08. The van der Waals surface area contributed by atoms with Crippen LogP contribution in [-0.4, -0.2) is 57.9 Å². The average molecular weight is 394 g/mol. The van der Waals surface area contributed by atoms with Gasteiger partial charge in [0.1, 0.15) is 12.1 Å². The molecule has 0 aromatic heterocycles. The molecule has 0 saturated heterocycles. The minimum Gasteiger partial charge on any atom is -0.480 e. The number of nitrogens with two attached hydrogens (primary N) is 2. The van der Waals surface area contributed by atoms with Gasteiger partial charge < -0.3 is 32.3 Å². The second-order valence-corrected chi connectivity index (χ2v) is 5.65. The predicted octanol–water partition coefficient (Wildman–Crippen LogP) is -2.20. The number of hydrogen-bond donors (Lipinski definition) is 6. The fourth-order valence-corrected chi connectivity index (χ4v) is 2.09. The summed E-state index contributed by atoms with van der Waals surface area (Å²) in [5.41, 5.74) is 9.61. The molecule has 150 valence electrons. The van der Waals surface area contributed by atoms with Gasteiger partial charge in [0.2, 0.25) is 11.8 Å². The van der Waals surface area contributed by atoms with Crippen LogP contribution in [0, 0.1) is 0 Å². The second-order valence-electron chi connectivity index (χ2n) is 5.65. The first kappa shape index (κ1) is 22.1. The predicted molar refractivity (Wildman–Crippen MR) is 91.8 cm³/mol. The van der Waals surface area contributed by atoms with Crippen molar-refractivity contribution in [2.24, 2.45) is 11.5 Å². The van der Waals surface area contributed by atoms with Crippen molar-refractivity contribution in [3.63, 3.8) is 0 Å². The molecule has 0 aliphatic heterocycles. The highest BCUT2D eigenvalue weighted by atomic mass is 16.4. The van der Waals surface area contributed by atoms with E-state index in [0.717, 1.165) is 6.07 Å². The van der Waals surface area contributed by atoms with Crippen molar-refractivity contribution in [3.8, 4) is 0 Å². The van der Waals surface area contributed by atoms with E-state index in [4.69, 9.17) is 21.7 Å². The molecule has 0 saturated carbocycles. The molecular weight excluding hydrogens is 376 g/mol. The average Bonchev–Trinajstić information content (AvgIpc) is 2.59. The number of carbonyl (C=O) groups excluding carboxylic acids is 4. The number of aliphatic carboxylic acids is 2. The monoisotopic (exact) mass is 394 g/mol. The summed E-state index contributed by atoms with van der Waals surface area (Å²) in [6, 6.07) is 1.80. The number of rotatable bonds is 10. The molecular formula is C16H18N4O8. The van der Waals surface area contributed by atoms with E-state index in [0.29, 0.717) is 0 Å². The van der Waals surface area contributed by atoms with E-state index in [1.165, 1.54) is 18.2 Å². The van der Waals surface area contributed by atoms with Gasteiger partial charge in [-0.2, -0.15) is 0 Å². The zero-order chi connectivity index (χ0) is 21.4. The summed E-state index contributed by atoms with van der Waals surface area (Å²) in [5, 5.41) is 22.2. The summed E-state index contributed by atoms with van der Waals surface area (Å²) >= 11 is 0. The first-order valence-electron chi connectivity index (χ1n) is 7.75. The summed E-state index contributed by atoms with van der Waals surface area (Å²) in [4.78, 5) is 68.3. The molecule has 0 bridgehead atoms. The SMILES string of the molecule is NC(=O)CC(NC(=O)c1cccc(C(=O)NC(CC(N)=O)C(=O)O)c1)C(=O)O. The van der Waals surface area contributed by atoms with Gasteiger partial charge >= 0.3 is 11.9 Å². The Labute approximate surface area is 157 Å². The molecule has 1 aromatic carbocycles. The lowest BCUT2D eigenvalue weighted by atomic mass is 10.1. The first-order chi connectivity index (χ1) is 13.0. The molecule has 0 heterocycles. The van der Waals surface area contributed by atoms with Gasteiger partial charge in [-0.05, 0) is 18.2 Å². The molecule has 0 radical (unpaired) electrons. The van der Waals surface area contributed by atoms with Crippen molar-refractivity contribution in [1.29, 1.82) is 0 Å². The lowest BCUT2D eigenvalue weighted by Gasteiger charge is -2.14. The van der Waals surface area contributed by atoms with E-state index in [1.54, 1.807) is 0 Å². The zero-order valence-corrected chi connectivity index (χ0v) is 14.4. The van der Waals surface area contributed by atoms with Crippen LogP contribution in [0.4, 0.5) is 0 Å². The Morgan fingerprint density at radius 1 is 0.786 bits per heavy atom. The second kappa shape index (κ2) is 9.66. The number of nitrogens with one attached hydrogen (secondary N) is 2. The van der Waals surface area contributed by atoms with Crippen molar-refractivity contribution >= 4 is 35.6 Å². The minimum atomic E-state index is -1.56. The molecule has 0 fully saturated rings. The molecule has 12 nitrogen and oxygen atoms in total. The number of hydrogen-bond acceptors (Lipinski definition) is 6. The van der Waals surface area contributed by atoms with Crippen LogP contribution in [-0.2, 0) is 19.2 Å². The van der Waals surface area contributed by atoms with Crippen molar-refractivity contribution in [1.82, 2.24) is 10.6 Å². The van der Waals surface area contributed by atoms with Gasteiger partial charge in [-0.25, -0.2) is 9.59 Å². The van der Waals surface area contributed by atoms with Gasteiger partial charge in [-0.1, -0.05) is 6.07 Å². The summed E-state index contributed by atoms with van der Waals surface area (Å²) in [5.74, 6) is -6.61. The lowest BCUT2D eigenvalue weighted by molar-refractivity contribution is -0.141. The molecule has 12 heteroatoms. The summed E-state index contributed by atoms with van der Waals surface area (Å²) < 4.78 is 0. The van der Waals surface area contributed by atoms with Crippen molar-refractivity contribution < 1.29 is 39.0 Å². The van der Waals surface area contributed by atoms with Crippen molar-refractivity contribution in [2.45, 2.75) is 24.9 Å².